The van der Waals surface area contributed by atoms with Crippen molar-refractivity contribution in [2.24, 2.45) is 5.10 Å². The second-order valence-corrected chi connectivity index (χ2v) is 7.07. The molecule has 0 aliphatic heterocycles. The van der Waals surface area contributed by atoms with Gasteiger partial charge in [0.25, 0.3) is 11.6 Å². The summed E-state index contributed by atoms with van der Waals surface area (Å²) in [6.07, 6.45) is 1.39. The second kappa shape index (κ2) is 12.5. The van der Waals surface area contributed by atoms with Gasteiger partial charge in [-0.3, -0.25) is 14.9 Å². The molecule has 0 fully saturated rings. The van der Waals surface area contributed by atoms with Crippen LogP contribution >= 0.6 is 0 Å². The Kier molecular flexibility index (Phi) is 8.93. The normalized spacial score (nSPS) is 10.5. The lowest BCUT2D eigenvalue weighted by Crippen LogP contribution is -2.24. The van der Waals surface area contributed by atoms with Crippen molar-refractivity contribution in [3.8, 4) is 23.0 Å². The highest BCUT2D eigenvalue weighted by Crippen LogP contribution is 2.29. The number of hydrogen-bond acceptors (Lipinski definition) is 9. The third-order valence-electron chi connectivity index (χ3n) is 4.61. The zero-order valence-electron chi connectivity index (χ0n) is 19.5. The minimum atomic E-state index is -0.706. The number of hydrogen-bond donors (Lipinski definition) is 1. The molecule has 0 aliphatic rings. The van der Waals surface area contributed by atoms with Gasteiger partial charge in [-0.15, -0.1) is 0 Å². The van der Waals surface area contributed by atoms with E-state index in [-0.39, 0.29) is 29.4 Å². The first-order valence-corrected chi connectivity index (χ1v) is 10.7. The van der Waals surface area contributed by atoms with E-state index in [0.29, 0.717) is 23.7 Å². The van der Waals surface area contributed by atoms with E-state index < -0.39 is 16.8 Å². The van der Waals surface area contributed by atoms with Crippen LogP contribution in [-0.4, -0.2) is 43.3 Å². The number of methoxy groups -OCH3 is 1. The van der Waals surface area contributed by atoms with Crippen molar-refractivity contribution in [1.82, 2.24) is 5.43 Å². The first-order chi connectivity index (χ1) is 17.4. The minimum Gasteiger partial charge on any atom is -0.493 e. The number of carbonyl (C=O) groups is 2. The van der Waals surface area contributed by atoms with Gasteiger partial charge in [0.2, 0.25) is 0 Å². The number of amides is 1. The third-order valence-corrected chi connectivity index (χ3v) is 4.61. The zero-order valence-corrected chi connectivity index (χ0v) is 19.5. The quantitative estimate of drug-likeness (QED) is 0.140. The summed E-state index contributed by atoms with van der Waals surface area (Å²) in [4.78, 5) is 34.6. The molecule has 0 spiro atoms. The molecule has 11 heteroatoms. The summed E-state index contributed by atoms with van der Waals surface area (Å²) in [7, 11) is 1.40. The van der Waals surface area contributed by atoms with E-state index in [2.05, 4.69) is 10.5 Å². The van der Waals surface area contributed by atoms with Crippen LogP contribution in [0.1, 0.15) is 22.8 Å². The molecule has 3 aromatic carbocycles. The molecule has 1 N–H and O–H groups in total. The Morgan fingerprint density at radius 2 is 1.67 bits per heavy atom. The second-order valence-electron chi connectivity index (χ2n) is 7.07. The highest BCUT2D eigenvalue weighted by Gasteiger charge is 2.14. The van der Waals surface area contributed by atoms with Gasteiger partial charge < -0.3 is 18.9 Å². The SMILES string of the molecule is CCOc1ccccc1OCC(=O)NN=Cc1ccc(OC(=O)c2ccc([N+](=O)[O-])cc2)c(OC)c1. The van der Waals surface area contributed by atoms with Crippen molar-refractivity contribution in [2.75, 3.05) is 20.3 Å². The largest absolute Gasteiger partial charge is 0.493 e. The molecular weight excluding hydrogens is 470 g/mol. The molecule has 0 aliphatic carbocycles. The van der Waals surface area contributed by atoms with E-state index in [9.17, 15) is 19.7 Å². The molecule has 1 amide bonds. The van der Waals surface area contributed by atoms with Crippen LogP contribution in [0.5, 0.6) is 23.0 Å². The third kappa shape index (κ3) is 7.03. The first kappa shape index (κ1) is 25.7. The minimum absolute atomic E-state index is 0.137. The van der Waals surface area contributed by atoms with Crippen molar-refractivity contribution in [3.05, 3.63) is 88.0 Å². The van der Waals surface area contributed by atoms with Gasteiger partial charge in [-0.1, -0.05) is 12.1 Å². The Balaban J connectivity index is 1.57. The Bertz CT molecular complexity index is 1260. The molecule has 0 saturated carbocycles. The van der Waals surface area contributed by atoms with Crippen molar-refractivity contribution in [1.29, 1.82) is 0 Å². The zero-order chi connectivity index (χ0) is 25.9. The van der Waals surface area contributed by atoms with E-state index in [1.165, 1.54) is 43.7 Å². The summed E-state index contributed by atoms with van der Waals surface area (Å²) in [5.74, 6) is 0.195. The van der Waals surface area contributed by atoms with Crippen LogP contribution in [0.4, 0.5) is 5.69 Å². The Labute approximate surface area is 206 Å². The Morgan fingerprint density at radius 3 is 2.31 bits per heavy atom. The van der Waals surface area contributed by atoms with E-state index >= 15 is 0 Å². The van der Waals surface area contributed by atoms with Crippen LogP contribution < -0.4 is 24.4 Å². The van der Waals surface area contributed by atoms with Crippen LogP contribution in [0.25, 0.3) is 0 Å². The molecule has 3 rings (SSSR count). The van der Waals surface area contributed by atoms with Crippen molar-refractivity contribution in [3.63, 3.8) is 0 Å². The average molecular weight is 493 g/mol. The van der Waals surface area contributed by atoms with Gasteiger partial charge in [-0.25, -0.2) is 10.2 Å². The Hall–Kier alpha value is -4.93. The lowest BCUT2D eigenvalue weighted by molar-refractivity contribution is -0.384. The van der Waals surface area contributed by atoms with Gasteiger partial charge in [0.05, 0.1) is 30.4 Å². The molecule has 0 unspecified atom stereocenters. The number of non-ortho nitro benzene ring substituents is 1. The molecule has 0 bridgehead atoms. The lowest BCUT2D eigenvalue weighted by atomic mass is 10.2. The fourth-order valence-electron chi connectivity index (χ4n) is 2.93. The van der Waals surface area contributed by atoms with Crippen LogP contribution in [0.2, 0.25) is 0 Å². The van der Waals surface area contributed by atoms with E-state index in [1.54, 1.807) is 36.4 Å². The predicted octanol–water partition coefficient (Wildman–Crippen LogP) is 3.75. The van der Waals surface area contributed by atoms with Crippen LogP contribution in [0.15, 0.2) is 71.8 Å². The molecule has 186 valence electrons. The predicted molar refractivity (Wildman–Crippen MR) is 130 cm³/mol. The number of nitro benzene ring substituents is 1. The number of esters is 1. The molecule has 36 heavy (non-hydrogen) atoms. The van der Waals surface area contributed by atoms with Gasteiger partial charge >= 0.3 is 5.97 Å². The number of rotatable bonds is 11. The van der Waals surface area contributed by atoms with Crippen LogP contribution in [0, 0.1) is 10.1 Å². The molecule has 0 atom stereocenters. The summed E-state index contributed by atoms with van der Waals surface area (Å²) in [5, 5.41) is 14.6. The van der Waals surface area contributed by atoms with Crippen LogP contribution in [-0.2, 0) is 4.79 Å². The number of hydrazone groups is 1. The molecule has 0 aromatic heterocycles. The standard InChI is InChI=1S/C25H23N3O8/c1-3-34-20-6-4-5-7-21(20)35-16-24(29)27-26-15-17-8-13-22(23(14-17)33-2)36-25(30)18-9-11-19(12-10-18)28(31)32/h4-15H,3,16H2,1-2H3,(H,27,29). The molecule has 0 saturated heterocycles. The van der Waals surface area contributed by atoms with Crippen molar-refractivity contribution >= 4 is 23.8 Å². The van der Waals surface area contributed by atoms with Gasteiger partial charge in [0.15, 0.2) is 29.6 Å². The monoisotopic (exact) mass is 493 g/mol. The number of benzene rings is 3. The fraction of sp³-hybridized carbons (Fsp3) is 0.160. The summed E-state index contributed by atoms with van der Waals surface area (Å²) in [6, 6.07) is 16.7. The summed E-state index contributed by atoms with van der Waals surface area (Å²) in [6.45, 7) is 2.06. The molecule has 0 heterocycles. The number of ether oxygens (including phenoxy) is 4. The molecule has 0 radical (unpaired) electrons. The molecule has 11 nitrogen and oxygen atoms in total. The van der Waals surface area contributed by atoms with E-state index in [1.807, 2.05) is 6.92 Å². The molecule has 3 aromatic rings. The Morgan fingerprint density at radius 1 is 0.972 bits per heavy atom. The van der Waals surface area contributed by atoms with Crippen LogP contribution in [0.3, 0.4) is 0 Å². The molecular formula is C25H23N3O8. The fourth-order valence-corrected chi connectivity index (χ4v) is 2.93. The van der Waals surface area contributed by atoms with Crippen molar-refractivity contribution in [2.45, 2.75) is 6.92 Å². The highest BCUT2D eigenvalue weighted by molar-refractivity contribution is 5.92. The topological polar surface area (TPSA) is 139 Å². The van der Waals surface area contributed by atoms with E-state index in [0.717, 1.165) is 0 Å². The number of nitro groups is 1. The lowest BCUT2D eigenvalue weighted by Gasteiger charge is -2.11. The van der Waals surface area contributed by atoms with Gasteiger partial charge in [0.1, 0.15) is 0 Å². The number of nitrogens with zero attached hydrogens (tertiary/aromatic N) is 2. The van der Waals surface area contributed by atoms with Gasteiger partial charge in [-0.2, -0.15) is 5.10 Å². The maximum atomic E-state index is 12.4. The number of nitrogens with one attached hydrogen (secondary N) is 1. The van der Waals surface area contributed by atoms with Gasteiger partial charge in [-0.05, 0) is 55.0 Å². The number of carbonyl (C=O) groups excluding carboxylic acids is 2. The summed E-state index contributed by atoms with van der Waals surface area (Å²) < 4.78 is 21.6. The summed E-state index contributed by atoms with van der Waals surface area (Å²) in [5.41, 5.74) is 2.93. The smallest absolute Gasteiger partial charge is 0.343 e. The maximum Gasteiger partial charge on any atom is 0.343 e. The average Bonchev–Trinajstić information content (AvgIpc) is 2.89. The maximum absolute atomic E-state index is 12.4. The highest BCUT2D eigenvalue weighted by atomic mass is 16.6. The van der Waals surface area contributed by atoms with Crippen molar-refractivity contribution < 1.29 is 33.5 Å². The van der Waals surface area contributed by atoms with Gasteiger partial charge in [0, 0.05) is 12.1 Å². The van der Waals surface area contributed by atoms with E-state index in [4.69, 9.17) is 18.9 Å². The number of para-hydroxylation sites is 2. The summed E-state index contributed by atoms with van der Waals surface area (Å²) >= 11 is 0. The first-order valence-electron chi connectivity index (χ1n) is 10.7.